The molecule has 0 aromatic heterocycles. The van der Waals surface area contributed by atoms with Crippen LogP contribution in [-0.2, 0) is 14.3 Å². The third kappa shape index (κ3) is 3.67. The number of ether oxygens (including phenoxy) is 1. The zero-order valence-electron chi connectivity index (χ0n) is 15.1. The normalized spacial score (nSPS) is 24.2. The highest BCUT2D eigenvalue weighted by Crippen LogP contribution is 2.35. The molecular formula is C18H19F2N3O5. The van der Waals surface area contributed by atoms with Crippen molar-refractivity contribution >= 4 is 23.8 Å². The molecule has 4 amide bonds. The lowest BCUT2D eigenvalue weighted by Gasteiger charge is -2.33. The summed E-state index contributed by atoms with van der Waals surface area (Å²) in [6.45, 7) is 1.13. The third-order valence-electron chi connectivity index (χ3n) is 5.03. The van der Waals surface area contributed by atoms with Crippen LogP contribution in [0.15, 0.2) is 18.2 Å². The number of amides is 4. The number of hydrazine groups is 1. The first kappa shape index (κ1) is 19.7. The summed E-state index contributed by atoms with van der Waals surface area (Å²) in [4.78, 5) is 48.5. The molecule has 10 heteroatoms. The lowest BCUT2D eigenvalue weighted by atomic mass is 9.77. The minimum absolute atomic E-state index is 0.442. The summed E-state index contributed by atoms with van der Waals surface area (Å²) in [6.07, 6.45) is 2.46. The van der Waals surface area contributed by atoms with Gasteiger partial charge in [-0.25, -0.2) is 18.4 Å². The van der Waals surface area contributed by atoms with E-state index in [0.717, 1.165) is 31.0 Å². The predicted molar refractivity (Wildman–Crippen MR) is 90.5 cm³/mol. The summed E-state index contributed by atoms with van der Waals surface area (Å²) < 4.78 is 31.7. The van der Waals surface area contributed by atoms with Crippen LogP contribution in [0.4, 0.5) is 13.6 Å². The fourth-order valence-electron chi connectivity index (χ4n) is 3.37. The first-order valence-corrected chi connectivity index (χ1v) is 8.81. The van der Waals surface area contributed by atoms with Gasteiger partial charge in [-0.2, -0.15) is 5.01 Å². The number of hydrogen-bond acceptors (Lipinski definition) is 5. The number of carbonyl (C=O) groups is 4. The second-order valence-electron chi connectivity index (χ2n) is 7.04. The topological polar surface area (TPSA) is 105 Å². The maximum Gasteiger partial charge on any atom is 0.344 e. The van der Waals surface area contributed by atoms with Gasteiger partial charge in [0.05, 0.1) is 0 Å². The van der Waals surface area contributed by atoms with E-state index in [0.29, 0.717) is 23.8 Å². The fraction of sp³-hybridized carbons (Fsp3) is 0.444. The van der Waals surface area contributed by atoms with Gasteiger partial charge in [-0.15, -0.1) is 0 Å². The van der Waals surface area contributed by atoms with Gasteiger partial charge in [-0.1, -0.05) is 13.0 Å². The quantitative estimate of drug-likeness (QED) is 0.596. The van der Waals surface area contributed by atoms with Crippen LogP contribution >= 0.6 is 0 Å². The molecule has 1 aromatic carbocycles. The highest BCUT2D eigenvalue weighted by molar-refractivity contribution is 6.08. The number of rotatable bonds is 4. The second kappa shape index (κ2) is 7.53. The molecule has 1 aliphatic carbocycles. The molecule has 0 unspecified atom stereocenters. The molecule has 1 saturated heterocycles. The maximum absolute atomic E-state index is 13.5. The average Bonchev–Trinajstić information content (AvgIpc) is 2.87. The zero-order valence-corrected chi connectivity index (χ0v) is 15.1. The van der Waals surface area contributed by atoms with Crippen molar-refractivity contribution < 1.29 is 32.7 Å². The summed E-state index contributed by atoms with van der Waals surface area (Å²) in [5.74, 6) is -4.77. The molecule has 8 nitrogen and oxygen atoms in total. The molecule has 2 aliphatic rings. The molecule has 1 aliphatic heterocycles. The Bertz CT molecular complexity index is 816. The van der Waals surface area contributed by atoms with E-state index in [-0.39, 0.29) is 0 Å². The first-order chi connectivity index (χ1) is 13.2. The van der Waals surface area contributed by atoms with Gasteiger partial charge >= 0.3 is 12.0 Å². The van der Waals surface area contributed by atoms with Gasteiger partial charge in [0.2, 0.25) is 0 Å². The van der Waals surface area contributed by atoms with E-state index in [1.807, 2.05) is 0 Å². The molecule has 0 radical (unpaired) electrons. The molecule has 3 rings (SSSR count). The Labute approximate surface area is 159 Å². The Morgan fingerprint density at radius 1 is 1.25 bits per heavy atom. The van der Waals surface area contributed by atoms with Gasteiger partial charge in [0, 0.05) is 0 Å². The number of imide groups is 1. The Morgan fingerprint density at radius 2 is 1.86 bits per heavy atom. The van der Waals surface area contributed by atoms with Crippen LogP contribution in [0.25, 0.3) is 0 Å². The molecule has 150 valence electrons. The van der Waals surface area contributed by atoms with E-state index in [4.69, 9.17) is 0 Å². The van der Waals surface area contributed by atoms with Gasteiger partial charge in [0.1, 0.15) is 22.7 Å². The number of halogens is 2. The summed E-state index contributed by atoms with van der Waals surface area (Å²) in [5.41, 5.74) is 0.0975. The number of esters is 1. The molecule has 0 bridgehead atoms. The van der Waals surface area contributed by atoms with E-state index in [1.165, 1.54) is 0 Å². The van der Waals surface area contributed by atoms with Crippen LogP contribution in [0.5, 0.6) is 0 Å². The lowest BCUT2D eigenvalue weighted by Crippen LogP contribution is -2.52. The highest BCUT2D eigenvalue weighted by Gasteiger charge is 2.52. The van der Waals surface area contributed by atoms with Crippen molar-refractivity contribution in [1.82, 2.24) is 15.8 Å². The van der Waals surface area contributed by atoms with Crippen molar-refractivity contribution in [2.24, 2.45) is 5.92 Å². The molecule has 2 N–H and O–H groups in total. The standard InChI is InChI=1S/C18H19F2N3O5/c1-10-5-7-18(8-6-10)16(26)23(17(27)21-18)22-13(24)9-28-15(25)14-11(19)3-2-4-12(14)20/h2-4,10H,5-9H2,1H3,(H,21,27)(H,22,24). The Morgan fingerprint density at radius 3 is 2.46 bits per heavy atom. The van der Waals surface area contributed by atoms with Gasteiger partial charge in [0.25, 0.3) is 11.8 Å². The van der Waals surface area contributed by atoms with Crippen LogP contribution in [0, 0.1) is 17.6 Å². The van der Waals surface area contributed by atoms with Crippen LogP contribution in [0.3, 0.4) is 0 Å². The minimum atomic E-state index is -1.37. The van der Waals surface area contributed by atoms with E-state index in [1.54, 1.807) is 0 Å². The maximum atomic E-state index is 13.5. The van der Waals surface area contributed by atoms with Crippen LogP contribution in [0.2, 0.25) is 0 Å². The summed E-state index contributed by atoms with van der Waals surface area (Å²) in [7, 11) is 0. The third-order valence-corrected chi connectivity index (χ3v) is 5.03. The molecule has 2 fully saturated rings. The number of urea groups is 1. The van der Waals surface area contributed by atoms with Crippen molar-refractivity contribution in [1.29, 1.82) is 0 Å². The van der Waals surface area contributed by atoms with Gasteiger partial charge in [-0.05, 0) is 43.7 Å². The Kier molecular flexibility index (Phi) is 5.30. The van der Waals surface area contributed by atoms with E-state index >= 15 is 0 Å². The number of nitrogens with one attached hydrogen (secondary N) is 2. The van der Waals surface area contributed by atoms with E-state index in [9.17, 15) is 28.0 Å². The first-order valence-electron chi connectivity index (χ1n) is 8.81. The van der Waals surface area contributed by atoms with Crippen LogP contribution in [0.1, 0.15) is 43.0 Å². The Hall–Kier alpha value is -3.04. The van der Waals surface area contributed by atoms with Gasteiger partial charge in [0.15, 0.2) is 6.61 Å². The molecule has 1 spiro atoms. The van der Waals surface area contributed by atoms with Gasteiger partial charge < -0.3 is 10.1 Å². The fourth-order valence-corrected chi connectivity index (χ4v) is 3.37. The highest BCUT2D eigenvalue weighted by atomic mass is 19.1. The van der Waals surface area contributed by atoms with Crippen molar-refractivity contribution in [2.75, 3.05) is 6.61 Å². The van der Waals surface area contributed by atoms with E-state index in [2.05, 4.69) is 22.4 Å². The summed E-state index contributed by atoms with van der Waals surface area (Å²) in [6, 6.07) is 2.04. The molecule has 1 heterocycles. The van der Waals surface area contributed by atoms with Crippen LogP contribution in [-0.4, -0.2) is 41.0 Å². The number of hydrogen-bond donors (Lipinski definition) is 2. The largest absolute Gasteiger partial charge is 0.452 e. The van der Waals surface area contributed by atoms with Crippen molar-refractivity contribution in [3.63, 3.8) is 0 Å². The summed E-state index contributed by atoms with van der Waals surface area (Å²) in [5, 5.41) is 3.17. The monoisotopic (exact) mass is 395 g/mol. The molecule has 0 atom stereocenters. The second-order valence-corrected chi connectivity index (χ2v) is 7.04. The number of carbonyl (C=O) groups excluding carboxylic acids is 4. The molecule has 1 aromatic rings. The molecular weight excluding hydrogens is 376 g/mol. The SMILES string of the molecule is CC1CCC2(CC1)NC(=O)N(NC(=O)COC(=O)c1c(F)cccc1F)C2=O. The Balaban J connectivity index is 1.58. The van der Waals surface area contributed by atoms with Crippen molar-refractivity contribution in [3.05, 3.63) is 35.4 Å². The molecule has 28 heavy (non-hydrogen) atoms. The zero-order chi connectivity index (χ0) is 20.5. The predicted octanol–water partition coefficient (Wildman–Crippen LogP) is 1.65. The van der Waals surface area contributed by atoms with Gasteiger partial charge in [-0.3, -0.25) is 15.0 Å². The number of benzene rings is 1. The molecule has 1 saturated carbocycles. The number of nitrogens with zero attached hydrogens (tertiary/aromatic N) is 1. The summed E-state index contributed by atoms with van der Waals surface area (Å²) >= 11 is 0. The van der Waals surface area contributed by atoms with E-state index < -0.39 is 53.2 Å². The minimum Gasteiger partial charge on any atom is -0.452 e. The van der Waals surface area contributed by atoms with Crippen molar-refractivity contribution in [2.45, 2.75) is 38.1 Å². The lowest BCUT2D eigenvalue weighted by molar-refractivity contribution is -0.141. The van der Waals surface area contributed by atoms with Crippen LogP contribution < -0.4 is 10.7 Å². The van der Waals surface area contributed by atoms with Crippen molar-refractivity contribution in [3.8, 4) is 0 Å². The smallest absolute Gasteiger partial charge is 0.344 e. The average molecular weight is 395 g/mol.